The molecule has 1 fully saturated rings. The number of ether oxygens (including phenoxy) is 1. The monoisotopic (exact) mass is 205 g/mol. The highest BCUT2D eigenvalue weighted by Gasteiger charge is 2.25. The Morgan fingerprint density at radius 3 is 2.93 bits per heavy atom. The van der Waals surface area contributed by atoms with E-state index in [9.17, 15) is 4.79 Å². The Morgan fingerprint density at radius 2 is 2.33 bits per heavy atom. The van der Waals surface area contributed by atoms with Gasteiger partial charge >= 0.3 is 5.97 Å². The van der Waals surface area contributed by atoms with Crippen LogP contribution in [0.25, 0.3) is 0 Å². The molecule has 0 spiro atoms. The molecule has 3 heteroatoms. The Hall–Kier alpha value is -1.38. The molecule has 0 atom stereocenters. The van der Waals surface area contributed by atoms with Crippen LogP contribution in [0.4, 0.5) is 0 Å². The third-order valence-electron chi connectivity index (χ3n) is 2.65. The highest BCUT2D eigenvalue weighted by atomic mass is 16.5. The van der Waals surface area contributed by atoms with Crippen LogP contribution in [0.15, 0.2) is 12.3 Å². The third kappa shape index (κ3) is 2.17. The number of esters is 1. The van der Waals surface area contributed by atoms with Gasteiger partial charge in [0.1, 0.15) is 0 Å². The fraction of sp³-hybridized carbons (Fsp3) is 0.500. The third-order valence-corrected chi connectivity index (χ3v) is 2.65. The van der Waals surface area contributed by atoms with Gasteiger partial charge in [-0.1, -0.05) is 0 Å². The minimum atomic E-state index is -0.259. The lowest BCUT2D eigenvalue weighted by Crippen LogP contribution is -2.08. The van der Waals surface area contributed by atoms with Crippen LogP contribution in [-0.4, -0.2) is 17.6 Å². The maximum Gasteiger partial charge on any atom is 0.339 e. The maximum absolute atomic E-state index is 11.6. The molecule has 1 aliphatic rings. The van der Waals surface area contributed by atoms with Crippen LogP contribution in [-0.2, 0) is 4.74 Å². The van der Waals surface area contributed by atoms with Crippen molar-refractivity contribution in [1.82, 2.24) is 4.98 Å². The lowest BCUT2D eigenvalue weighted by molar-refractivity contribution is 0.0525. The molecule has 1 aromatic heterocycles. The van der Waals surface area contributed by atoms with E-state index in [0.29, 0.717) is 18.1 Å². The van der Waals surface area contributed by atoms with Gasteiger partial charge in [-0.15, -0.1) is 0 Å². The minimum Gasteiger partial charge on any atom is -0.462 e. The summed E-state index contributed by atoms with van der Waals surface area (Å²) in [6.45, 7) is 4.06. The van der Waals surface area contributed by atoms with Crippen LogP contribution in [0, 0.1) is 6.92 Å². The summed E-state index contributed by atoms with van der Waals surface area (Å²) in [6, 6.07) is 1.93. The molecule has 1 aliphatic carbocycles. The molecule has 1 saturated carbocycles. The molecule has 0 bridgehead atoms. The quantitative estimate of drug-likeness (QED) is 0.711. The first kappa shape index (κ1) is 10.1. The number of aromatic nitrogens is 1. The molecule has 3 nitrogen and oxygen atoms in total. The van der Waals surface area contributed by atoms with E-state index < -0.39 is 0 Å². The Bertz CT molecular complexity index is 383. The van der Waals surface area contributed by atoms with Crippen LogP contribution in [0.2, 0.25) is 0 Å². The zero-order valence-electron chi connectivity index (χ0n) is 9.12. The van der Waals surface area contributed by atoms with E-state index in [4.69, 9.17) is 4.74 Å². The summed E-state index contributed by atoms with van der Waals surface area (Å²) < 4.78 is 4.98. The van der Waals surface area contributed by atoms with Crippen molar-refractivity contribution in [3.05, 3.63) is 29.1 Å². The molecule has 0 amide bonds. The predicted molar refractivity (Wildman–Crippen MR) is 56.9 cm³/mol. The van der Waals surface area contributed by atoms with E-state index in [1.54, 1.807) is 0 Å². The van der Waals surface area contributed by atoms with Crippen molar-refractivity contribution in [2.24, 2.45) is 0 Å². The molecule has 0 radical (unpaired) electrons. The molecular weight excluding hydrogens is 190 g/mol. The lowest BCUT2D eigenvalue weighted by atomic mass is 10.1. The van der Waals surface area contributed by atoms with Gasteiger partial charge in [0.2, 0.25) is 0 Å². The van der Waals surface area contributed by atoms with Crippen LogP contribution < -0.4 is 0 Å². The molecule has 0 saturated heterocycles. The second-order valence-corrected chi connectivity index (χ2v) is 3.90. The maximum atomic E-state index is 11.6. The summed E-state index contributed by atoms with van der Waals surface area (Å²) in [4.78, 5) is 15.8. The zero-order chi connectivity index (χ0) is 10.8. The smallest absolute Gasteiger partial charge is 0.339 e. The van der Waals surface area contributed by atoms with Gasteiger partial charge in [0.25, 0.3) is 0 Å². The van der Waals surface area contributed by atoms with E-state index in [1.165, 1.54) is 18.4 Å². The van der Waals surface area contributed by atoms with Crippen molar-refractivity contribution in [2.75, 3.05) is 6.61 Å². The summed E-state index contributed by atoms with van der Waals surface area (Å²) in [6.07, 6.45) is 4.30. The summed E-state index contributed by atoms with van der Waals surface area (Å²) in [5, 5.41) is 0. The average molecular weight is 205 g/mol. The van der Waals surface area contributed by atoms with Gasteiger partial charge in [-0.2, -0.15) is 0 Å². The zero-order valence-corrected chi connectivity index (χ0v) is 9.12. The van der Waals surface area contributed by atoms with Crippen LogP contribution in [0.3, 0.4) is 0 Å². The molecular formula is C12H15NO2. The van der Waals surface area contributed by atoms with E-state index in [2.05, 4.69) is 4.98 Å². The van der Waals surface area contributed by atoms with Gasteiger partial charge in [0.05, 0.1) is 17.9 Å². The van der Waals surface area contributed by atoms with Gasteiger partial charge < -0.3 is 4.74 Å². The number of hydrogen-bond acceptors (Lipinski definition) is 3. The van der Waals surface area contributed by atoms with E-state index >= 15 is 0 Å². The number of aryl methyl sites for hydroxylation is 1. The molecule has 0 aromatic carbocycles. The van der Waals surface area contributed by atoms with Gasteiger partial charge in [0.15, 0.2) is 0 Å². The lowest BCUT2D eigenvalue weighted by Gasteiger charge is -2.06. The molecule has 80 valence electrons. The van der Waals surface area contributed by atoms with Crippen LogP contribution in [0.1, 0.15) is 47.3 Å². The van der Waals surface area contributed by atoms with Gasteiger partial charge in [-0.05, 0) is 44.2 Å². The van der Waals surface area contributed by atoms with Gasteiger partial charge in [-0.25, -0.2) is 4.79 Å². The van der Waals surface area contributed by atoms with Gasteiger partial charge in [0, 0.05) is 6.20 Å². The van der Waals surface area contributed by atoms with Crippen LogP contribution in [0.5, 0.6) is 0 Å². The number of hydrogen-bond donors (Lipinski definition) is 0. The minimum absolute atomic E-state index is 0.259. The second kappa shape index (κ2) is 4.01. The number of carbonyl (C=O) groups excluding carboxylic acids is 1. The number of nitrogens with zero attached hydrogens (tertiary/aromatic N) is 1. The molecule has 2 rings (SSSR count). The first-order chi connectivity index (χ1) is 7.22. The molecule has 1 aromatic rings. The highest BCUT2D eigenvalue weighted by Crippen LogP contribution is 2.40. The summed E-state index contributed by atoms with van der Waals surface area (Å²) in [5.41, 5.74) is 2.53. The number of carbonyl (C=O) groups is 1. The van der Waals surface area contributed by atoms with E-state index in [-0.39, 0.29) is 5.97 Å². The fourth-order valence-corrected chi connectivity index (χ4v) is 1.60. The largest absolute Gasteiger partial charge is 0.462 e. The fourth-order valence-electron chi connectivity index (χ4n) is 1.60. The number of rotatable bonds is 3. The highest BCUT2D eigenvalue weighted by molar-refractivity contribution is 5.90. The SMILES string of the molecule is CCOC(=O)c1cc(C2CC2)cnc1C. The Morgan fingerprint density at radius 1 is 1.60 bits per heavy atom. The van der Waals surface area contributed by atoms with Crippen molar-refractivity contribution in [1.29, 1.82) is 0 Å². The Kier molecular flexibility index (Phi) is 2.71. The van der Waals surface area contributed by atoms with Crippen molar-refractivity contribution in [2.45, 2.75) is 32.6 Å². The molecule has 15 heavy (non-hydrogen) atoms. The molecule has 0 N–H and O–H groups in total. The second-order valence-electron chi connectivity index (χ2n) is 3.90. The Balaban J connectivity index is 2.27. The van der Waals surface area contributed by atoms with Gasteiger partial charge in [-0.3, -0.25) is 4.98 Å². The average Bonchev–Trinajstić information content (AvgIpc) is 3.02. The summed E-state index contributed by atoms with van der Waals surface area (Å²) >= 11 is 0. The van der Waals surface area contributed by atoms with Crippen molar-refractivity contribution >= 4 is 5.97 Å². The summed E-state index contributed by atoms with van der Waals surface area (Å²) in [5.74, 6) is 0.358. The summed E-state index contributed by atoms with van der Waals surface area (Å²) in [7, 11) is 0. The molecule has 0 unspecified atom stereocenters. The molecule has 1 heterocycles. The standard InChI is InChI=1S/C12H15NO2/c1-3-15-12(14)11-6-10(9-4-5-9)7-13-8(11)2/h6-7,9H,3-5H2,1-2H3. The Labute approximate surface area is 89.5 Å². The van der Waals surface area contributed by atoms with E-state index in [1.807, 2.05) is 26.1 Å². The van der Waals surface area contributed by atoms with E-state index in [0.717, 1.165) is 5.69 Å². The normalized spacial score (nSPS) is 15.1. The topological polar surface area (TPSA) is 39.2 Å². The molecule has 0 aliphatic heterocycles. The first-order valence-electron chi connectivity index (χ1n) is 5.36. The van der Waals surface area contributed by atoms with Crippen molar-refractivity contribution in [3.8, 4) is 0 Å². The van der Waals surface area contributed by atoms with Crippen molar-refractivity contribution < 1.29 is 9.53 Å². The van der Waals surface area contributed by atoms with Crippen LogP contribution >= 0.6 is 0 Å². The number of pyridine rings is 1. The predicted octanol–water partition coefficient (Wildman–Crippen LogP) is 2.44. The first-order valence-corrected chi connectivity index (χ1v) is 5.36. The van der Waals surface area contributed by atoms with Crippen molar-refractivity contribution in [3.63, 3.8) is 0 Å².